The standard InChI is InChI=1S/C6H4BrN3S/c7-4-1-2-11-5(4)6-8-3-9-10-6/h1-3H,(H,8,9,10). The molecule has 2 aromatic rings. The molecule has 11 heavy (non-hydrogen) atoms. The molecule has 0 aliphatic heterocycles. The number of H-pyrrole nitrogens is 1. The van der Waals surface area contributed by atoms with Crippen LogP contribution in [-0.4, -0.2) is 15.2 Å². The third-order valence-electron chi connectivity index (χ3n) is 1.25. The molecule has 2 heterocycles. The van der Waals surface area contributed by atoms with Gasteiger partial charge in [0.1, 0.15) is 6.33 Å². The highest BCUT2D eigenvalue weighted by atomic mass is 79.9. The predicted molar refractivity (Wildman–Crippen MR) is 47.4 cm³/mol. The summed E-state index contributed by atoms with van der Waals surface area (Å²) >= 11 is 5.04. The lowest BCUT2D eigenvalue weighted by molar-refractivity contribution is 1.10. The summed E-state index contributed by atoms with van der Waals surface area (Å²) in [5.74, 6) is 0.812. The minimum atomic E-state index is 0.812. The van der Waals surface area contributed by atoms with Crippen molar-refractivity contribution in [3.63, 3.8) is 0 Å². The molecular formula is C6H4BrN3S. The highest BCUT2D eigenvalue weighted by molar-refractivity contribution is 9.10. The van der Waals surface area contributed by atoms with Crippen LogP contribution in [0.25, 0.3) is 10.7 Å². The topological polar surface area (TPSA) is 41.6 Å². The molecule has 2 aromatic heterocycles. The highest BCUT2D eigenvalue weighted by Crippen LogP contribution is 2.30. The second-order valence-electron chi connectivity index (χ2n) is 1.93. The van der Waals surface area contributed by atoms with Gasteiger partial charge in [-0.15, -0.1) is 11.3 Å². The molecule has 0 amide bonds. The van der Waals surface area contributed by atoms with E-state index in [1.54, 1.807) is 11.3 Å². The molecular weight excluding hydrogens is 226 g/mol. The second-order valence-corrected chi connectivity index (χ2v) is 3.70. The van der Waals surface area contributed by atoms with Crippen LogP contribution in [0.1, 0.15) is 0 Å². The van der Waals surface area contributed by atoms with Crippen molar-refractivity contribution in [2.75, 3.05) is 0 Å². The lowest BCUT2D eigenvalue weighted by Crippen LogP contribution is -1.75. The van der Waals surface area contributed by atoms with Crippen LogP contribution in [0.5, 0.6) is 0 Å². The van der Waals surface area contributed by atoms with E-state index < -0.39 is 0 Å². The fourth-order valence-electron chi connectivity index (χ4n) is 0.778. The van der Waals surface area contributed by atoms with E-state index in [0.717, 1.165) is 15.2 Å². The van der Waals surface area contributed by atoms with Gasteiger partial charge < -0.3 is 0 Å². The smallest absolute Gasteiger partial charge is 0.166 e. The molecule has 0 unspecified atom stereocenters. The van der Waals surface area contributed by atoms with Crippen molar-refractivity contribution in [2.45, 2.75) is 0 Å². The van der Waals surface area contributed by atoms with Crippen molar-refractivity contribution < 1.29 is 0 Å². The Labute approximate surface area is 75.6 Å². The van der Waals surface area contributed by atoms with Crippen molar-refractivity contribution in [3.8, 4) is 10.7 Å². The Bertz CT molecular complexity index is 340. The van der Waals surface area contributed by atoms with E-state index >= 15 is 0 Å². The number of hydrogen-bond donors (Lipinski definition) is 1. The summed E-state index contributed by atoms with van der Waals surface area (Å²) in [6.45, 7) is 0. The largest absolute Gasteiger partial charge is 0.259 e. The molecule has 0 radical (unpaired) electrons. The first-order chi connectivity index (χ1) is 5.38. The Hall–Kier alpha value is -0.680. The normalized spacial score (nSPS) is 10.3. The number of nitrogens with one attached hydrogen (secondary N) is 1. The molecule has 0 atom stereocenters. The van der Waals surface area contributed by atoms with Gasteiger partial charge in [-0.3, -0.25) is 5.10 Å². The van der Waals surface area contributed by atoms with Crippen LogP contribution in [0.4, 0.5) is 0 Å². The van der Waals surface area contributed by atoms with Crippen LogP contribution >= 0.6 is 27.3 Å². The van der Waals surface area contributed by atoms with Crippen LogP contribution in [0.2, 0.25) is 0 Å². The predicted octanol–water partition coefficient (Wildman–Crippen LogP) is 2.30. The van der Waals surface area contributed by atoms with Gasteiger partial charge in [-0.1, -0.05) is 0 Å². The molecule has 0 fully saturated rings. The molecule has 0 aliphatic rings. The zero-order valence-electron chi connectivity index (χ0n) is 5.41. The van der Waals surface area contributed by atoms with Gasteiger partial charge in [-0.25, -0.2) is 4.98 Å². The summed E-state index contributed by atoms with van der Waals surface area (Å²) in [7, 11) is 0. The maximum absolute atomic E-state index is 4.03. The molecule has 0 spiro atoms. The number of aromatic nitrogens is 3. The van der Waals surface area contributed by atoms with Crippen LogP contribution in [0.15, 0.2) is 22.2 Å². The van der Waals surface area contributed by atoms with Gasteiger partial charge in [0, 0.05) is 4.47 Å². The first-order valence-corrected chi connectivity index (χ1v) is 4.64. The first-order valence-electron chi connectivity index (χ1n) is 2.96. The zero-order chi connectivity index (χ0) is 7.68. The average Bonchev–Trinajstić information content (AvgIpc) is 2.55. The first kappa shape index (κ1) is 7.00. The minimum Gasteiger partial charge on any atom is -0.259 e. The fraction of sp³-hybridized carbons (Fsp3) is 0. The van der Waals surface area contributed by atoms with Gasteiger partial charge in [0.05, 0.1) is 4.88 Å². The fourth-order valence-corrected chi connectivity index (χ4v) is 2.28. The van der Waals surface area contributed by atoms with Gasteiger partial charge in [0.25, 0.3) is 0 Å². The molecule has 2 rings (SSSR count). The van der Waals surface area contributed by atoms with E-state index in [-0.39, 0.29) is 0 Å². The third-order valence-corrected chi connectivity index (χ3v) is 3.09. The van der Waals surface area contributed by atoms with Gasteiger partial charge in [-0.2, -0.15) is 5.10 Å². The van der Waals surface area contributed by atoms with Crippen molar-refractivity contribution in [2.24, 2.45) is 0 Å². The summed E-state index contributed by atoms with van der Waals surface area (Å²) in [4.78, 5) is 5.12. The highest BCUT2D eigenvalue weighted by Gasteiger charge is 2.05. The van der Waals surface area contributed by atoms with Crippen LogP contribution in [0, 0.1) is 0 Å². The summed E-state index contributed by atoms with van der Waals surface area (Å²) in [6.07, 6.45) is 1.50. The van der Waals surface area contributed by atoms with E-state index in [0.29, 0.717) is 0 Å². The number of hydrogen-bond acceptors (Lipinski definition) is 3. The summed E-state index contributed by atoms with van der Waals surface area (Å²) < 4.78 is 1.05. The molecule has 1 N–H and O–H groups in total. The molecule has 56 valence electrons. The molecule has 3 nitrogen and oxygen atoms in total. The number of nitrogens with zero attached hydrogens (tertiary/aromatic N) is 2. The van der Waals surface area contributed by atoms with Gasteiger partial charge in [-0.05, 0) is 27.4 Å². The van der Waals surface area contributed by atoms with E-state index in [1.807, 2.05) is 11.4 Å². The number of aromatic amines is 1. The lowest BCUT2D eigenvalue weighted by Gasteiger charge is -1.88. The van der Waals surface area contributed by atoms with E-state index in [4.69, 9.17) is 0 Å². The SMILES string of the molecule is Brc1ccsc1-c1ncn[nH]1. The summed E-state index contributed by atoms with van der Waals surface area (Å²) in [5.41, 5.74) is 0. The molecule has 5 heteroatoms. The van der Waals surface area contributed by atoms with Crippen LogP contribution < -0.4 is 0 Å². The van der Waals surface area contributed by atoms with E-state index in [2.05, 4.69) is 31.1 Å². The van der Waals surface area contributed by atoms with E-state index in [9.17, 15) is 0 Å². The van der Waals surface area contributed by atoms with Crippen molar-refractivity contribution in [3.05, 3.63) is 22.2 Å². The van der Waals surface area contributed by atoms with Gasteiger partial charge in [0.2, 0.25) is 0 Å². The average molecular weight is 230 g/mol. The number of halogens is 1. The summed E-state index contributed by atoms with van der Waals surface area (Å²) in [5, 5.41) is 8.57. The number of thiophene rings is 1. The molecule has 0 aromatic carbocycles. The second kappa shape index (κ2) is 2.75. The lowest BCUT2D eigenvalue weighted by atomic mass is 10.4. The van der Waals surface area contributed by atoms with Crippen molar-refractivity contribution in [1.82, 2.24) is 15.2 Å². The number of rotatable bonds is 1. The third kappa shape index (κ3) is 1.21. The molecule has 0 bridgehead atoms. The monoisotopic (exact) mass is 229 g/mol. The Balaban J connectivity index is 2.53. The quantitative estimate of drug-likeness (QED) is 0.816. The minimum absolute atomic E-state index is 0.812. The zero-order valence-corrected chi connectivity index (χ0v) is 7.82. The van der Waals surface area contributed by atoms with Crippen molar-refractivity contribution >= 4 is 27.3 Å². The Morgan fingerprint density at radius 2 is 2.45 bits per heavy atom. The van der Waals surface area contributed by atoms with Crippen molar-refractivity contribution in [1.29, 1.82) is 0 Å². The Morgan fingerprint density at radius 3 is 3.00 bits per heavy atom. The maximum Gasteiger partial charge on any atom is 0.166 e. The summed E-state index contributed by atoms with van der Waals surface area (Å²) in [6, 6.07) is 1.99. The van der Waals surface area contributed by atoms with Gasteiger partial charge >= 0.3 is 0 Å². The van der Waals surface area contributed by atoms with Crippen LogP contribution in [0.3, 0.4) is 0 Å². The molecule has 0 aliphatic carbocycles. The molecule has 0 saturated carbocycles. The van der Waals surface area contributed by atoms with Crippen LogP contribution in [-0.2, 0) is 0 Å². The maximum atomic E-state index is 4.03. The Kier molecular flexibility index (Phi) is 1.75. The van der Waals surface area contributed by atoms with E-state index in [1.165, 1.54) is 6.33 Å². The Morgan fingerprint density at radius 1 is 1.55 bits per heavy atom. The molecule has 0 saturated heterocycles. The van der Waals surface area contributed by atoms with Gasteiger partial charge in [0.15, 0.2) is 5.82 Å².